The summed E-state index contributed by atoms with van der Waals surface area (Å²) < 4.78 is 10.5. The molecule has 2 aromatic rings. The molecule has 0 heterocycles. The molecule has 22 heavy (non-hydrogen) atoms. The molecule has 0 bridgehead atoms. The summed E-state index contributed by atoms with van der Waals surface area (Å²) in [5.74, 6) is 1.33. The van der Waals surface area contributed by atoms with Crippen molar-refractivity contribution < 1.29 is 14.3 Å². The fourth-order valence-corrected chi connectivity index (χ4v) is 2.24. The Morgan fingerprint density at radius 1 is 1.05 bits per heavy atom. The van der Waals surface area contributed by atoms with E-state index in [1.165, 1.54) is 5.56 Å². The van der Waals surface area contributed by atoms with E-state index in [0.29, 0.717) is 18.0 Å². The van der Waals surface area contributed by atoms with Crippen molar-refractivity contribution >= 4 is 5.91 Å². The second-order valence-corrected chi connectivity index (χ2v) is 5.06. The van der Waals surface area contributed by atoms with E-state index in [1.807, 2.05) is 43.3 Å². The van der Waals surface area contributed by atoms with Gasteiger partial charge in [0.2, 0.25) is 5.91 Å². The fraction of sp³-hybridized carbons (Fsp3) is 0.278. The van der Waals surface area contributed by atoms with Gasteiger partial charge in [0.25, 0.3) is 0 Å². The maximum atomic E-state index is 12.1. The minimum Gasteiger partial charge on any atom is -0.497 e. The Bertz CT molecular complexity index is 653. The summed E-state index contributed by atoms with van der Waals surface area (Å²) in [6.07, 6.45) is 0.277. The van der Waals surface area contributed by atoms with Gasteiger partial charge in [0.1, 0.15) is 11.5 Å². The molecule has 0 aliphatic rings. The van der Waals surface area contributed by atoms with Crippen molar-refractivity contribution in [1.82, 2.24) is 5.32 Å². The molecule has 0 spiro atoms. The van der Waals surface area contributed by atoms with Crippen LogP contribution in [0.25, 0.3) is 0 Å². The van der Waals surface area contributed by atoms with Crippen molar-refractivity contribution in [2.45, 2.75) is 19.9 Å². The third-order valence-electron chi connectivity index (χ3n) is 3.58. The number of methoxy groups -OCH3 is 2. The lowest BCUT2D eigenvalue weighted by Gasteiger charge is -2.11. The lowest BCUT2D eigenvalue weighted by molar-refractivity contribution is -0.120. The molecule has 4 nitrogen and oxygen atoms in total. The van der Waals surface area contributed by atoms with Gasteiger partial charge in [0.15, 0.2) is 0 Å². The van der Waals surface area contributed by atoms with Crippen LogP contribution in [0.1, 0.15) is 16.7 Å². The third kappa shape index (κ3) is 4.01. The quantitative estimate of drug-likeness (QED) is 0.892. The molecule has 0 aliphatic heterocycles. The molecule has 0 aliphatic carbocycles. The molecule has 116 valence electrons. The molecule has 0 fully saturated rings. The van der Waals surface area contributed by atoms with E-state index >= 15 is 0 Å². The highest BCUT2D eigenvalue weighted by atomic mass is 16.5. The van der Waals surface area contributed by atoms with Gasteiger partial charge >= 0.3 is 0 Å². The lowest BCUT2D eigenvalue weighted by Crippen LogP contribution is -2.25. The van der Waals surface area contributed by atoms with E-state index < -0.39 is 0 Å². The van der Waals surface area contributed by atoms with Crippen LogP contribution < -0.4 is 14.8 Å². The zero-order valence-corrected chi connectivity index (χ0v) is 13.2. The number of carbonyl (C=O) groups is 1. The Morgan fingerprint density at radius 3 is 2.50 bits per heavy atom. The molecule has 0 saturated carbocycles. The Morgan fingerprint density at radius 2 is 1.82 bits per heavy atom. The largest absolute Gasteiger partial charge is 0.497 e. The van der Waals surface area contributed by atoms with Gasteiger partial charge in [-0.3, -0.25) is 4.79 Å². The van der Waals surface area contributed by atoms with E-state index in [4.69, 9.17) is 9.47 Å². The molecule has 2 aromatic carbocycles. The van der Waals surface area contributed by atoms with Gasteiger partial charge in [-0.2, -0.15) is 0 Å². The Hall–Kier alpha value is -2.49. The first-order valence-corrected chi connectivity index (χ1v) is 7.16. The van der Waals surface area contributed by atoms with Crippen LogP contribution in [0.2, 0.25) is 0 Å². The predicted octanol–water partition coefficient (Wildman–Crippen LogP) is 2.87. The van der Waals surface area contributed by atoms with E-state index in [9.17, 15) is 4.79 Å². The van der Waals surface area contributed by atoms with Gasteiger partial charge in [-0.1, -0.05) is 30.3 Å². The molecule has 1 N–H and O–H groups in total. The molecule has 1 amide bonds. The van der Waals surface area contributed by atoms with E-state index in [2.05, 4.69) is 5.32 Å². The van der Waals surface area contributed by atoms with Crippen LogP contribution in [0.15, 0.2) is 42.5 Å². The number of hydrogen-bond acceptors (Lipinski definition) is 3. The van der Waals surface area contributed by atoms with Gasteiger partial charge in [-0.25, -0.2) is 0 Å². The van der Waals surface area contributed by atoms with Gasteiger partial charge in [0.05, 0.1) is 20.6 Å². The van der Waals surface area contributed by atoms with Crippen LogP contribution in [0, 0.1) is 6.92 Å². The molecule has 0 atom stereocenters. The molecule has 0 unspecified atom stereocenters. The number of aryl methyl sites for hydroxylation is 1. The standard InChI is InChI=1S/C18H21NO3/c1-13-6-4-5-7-15(13)12-19-18(20)10-14-8-9-16(21-2)11-17(14)22-3/h4-9,11H,10,12H2,1-3H3,(H,19,20). The molecule has 0 radical (unpaired) electrons. The smallest absolute Gasteiger partial charge is 0.224 e. The van der Waals surface area contributed by atoms with Crippen LogP contribution in [0.3, 0.4) is 0 Å². The van der Waals surface area contributed by atoms with Crippen molar-refractivity contribution in [1.29, 1.82) is 0 Å². The van der Waals surface area contributed by atoms with Crippen molar-refractivity contribution in [3.63, 3.8) is 0 Å². The molecule has 4 heteroatoms. The van der Waals surface area contributed by atoms with Crippen LogP contribution in [-0.2, 0) is 17.8 Å². The Kier molecular flexibility index (Phi) is 5.42. The first kappa shape index (κ1) is 15.9. The highest BCUT2D eigenvalue weighted by molar-refractivity contribution is 5.79. The topological polar surface area (TPSA) is 47.6 Å². The van der Waals surface area contributed by atoms with Crippen LogP contribution in [-0.4, -0.2) is 20.1 Å². The first-order chi connectivity index (χ1) is 10.6. The maximum absolute atomic E-state index is 12.1. The van der Waals surface area contributed by atoms with Crippen LogP contribution >= 0.6 is 0 Å². The summed E-state index contributed by atoms with van der Waals surface area (Å²) in [5.41, 5.74) is 3.13. The highest BCUT2D eigenvalue weighted by Gasteiger charge is 2.10. The molecule has 0 aromatic heterocycles. The monoisotopic (exact) mass is 299 g/mol. The average molecular weight is 299 g/mol. The summed E-state index contributed by atoms with van der Waals surface area (Å²) >= 11 is 0. The van der Waals surface area contributed by atoms with Crippen molar-refractivity contribution in [3.8, 4) is 11.5 Å². The summed E-state index contributed by atoms with van der Waals surface area (Å²) in [6, 6.07) is 13.5. The molecular weight excluding hydrogens is 278 g/mol. The zero-order chi connectivity index (χ0) is 15.9. The Labute approximate surface area is 131 Å². The van der Waals surface area contributed by atoms with Crippen molar-refractivity contribution in [3.05, 3.63) is 59.2 Å². The van der Waals surface area contributed by atoms with Gasteiger partial charge < -0.3 is 14.8 Å². The van der Waals surface area contributed by atoms with Crippen molar-refractivity contribution in [2.24, 2.45) is 0 Å². The zero-order valence-electron chi connectivity index (χ0n) is 13.2. The molecular formula is C18H21NO3. The number of benzene rings is 2. The fourth-order valence-electron chi connectivity index (χ4n) is 2.24. The summed E-state index contributed by atoms with van der Waals surface area (Å²) in [7, 11) is 3.19. The summed E-state index contributed by atoms with van der Waals surface area (Å²) in [6.45, 7) is 2.57. The van der Waals surface area contributed by atoms with Crippen LogP contribution in [0.5, 0.6) is 11.5 Å². The number of carbonyl (C=O) groups excluding carboxylic acids is 1. The predicted molar refractivity (Wildman–Crippen MR) is 86.3 cm³/mol. The highest BCUT2D eigenvalue weighted by Crippen LogP contribution is 2.24. The maximum Gasteiger partial charge on any atom is 0.224 e. The average Bonchev–Trinajstić information content (AvgIpc) is 2.54. The number of rotatable bonds is 6. The first-order valence-electron chi connectivity index (χ1n) is 7.16. The van der Waals surface area contributed by atoms with Gasteiger partial charge in [-0.15, -0.1) is 0 Å². The number of hydrogen-bond donors (Lipinski definition) is 1. The number of nitrogens with one attached hydrogen (secondary N) is 1. The van der Waals surface area contributed by atoms with Crippen LogP contribution in [0.4, 0.5) is 0 Å². The number of ether oxygens (including phenoxy) is 2. The molecule has 2 rings (SSSR count). The van der Waals surface area contributed by atoms with Gasteiger partial charge in [0, 0.05) is 18.2 Å². The normalized spacial score (nSPS) is 10.1. The SMILES string of the molecule is COc1ccc(CC(=O)NCc2ccccc2C)c(OC)c1. The van der Waals surface area contributed by atoms with E-state index in [-0.39, 0.29) is 12.3 Å². The van der Waals surface area contributed by atoms with Crippen molar-refractivity contribution in [2.75, 3.05) is 14.2 Å². The Balaban J connectivity index is 1.99. The van der Waals surface area contributed by atoms with E-state index in [1.54, 1.807) is 20.3 Å². The minimum absolute atomic E-state index is 0.0354. The second-order valence-electron chi connectivity index (χ2n) is 5.06. The summed E-state index contributed by atoms with van der Waals surface area (Å²) in [4.78, 5) is 12.1. The summed E-state index contributed by atoms with van der Waals surface area (Å²) in [5, 5.41) is 2.94. The minimum atomic E-state index is -0.0354. The second kappa shape index (κ2) is 7.50. The third-order valence-corrected chi connectivity index (χ3v) is 3.58. The van der Waals surface area contributed by atoms with E-state index in [0.717, 1.165) is 11.1 Å². The number of amides is 1. The van der Waals surface area contributed by atoms with Gasteiger partial charge in [-0.05, 0) is 24.1 Å². The molecule has 0 saturated heterocycles. The lowest BCUT2D eigenvalue weighted by atomic mass is 10.1.